The third kappa shape index (κ3) is 3.52. The van der Waals surface area contributed by atoms with Gasteiger partial charge in [-0.2, -0.15) is 0 Å². The number of ether oxygens (including phenoxy) is 1. The number of carboxylic acid groups (broad SMARTS) is 1. The Morgan fingerprint density at radius 1 is 0.974 bits per heavy atom. The molecule has 1 aliphatic heterocycles. The highest BCUT2D eigenvalue weighted by Gasteiger charge is 2.52. The Morgan fingerprint density at radius 3 is 2.26 bits per heavy atom. The quantitative estimate of drug-likeness (QED) is 0.161. The number of hydrogen-bond donors (Lipinski definition) is 6. The highest BCUT2D eigenvalue weighted by Crippen LogP contribution is 2.57. The van der Waals surface area contributed by atoms with Crippen LogP contribution in [0.1, 0.15) is 41.1 Å². The molecule has 3 aromatic rings. The average Bonchev–Trinajstić information content (AvgIpc) is 2.84. The number of ketones is 2. The van der Waals surface area contributed by atoms with Crippen molar-refractivity contribution in [3.63, 3.8) is 0 Å². The first-order valence-corrected chi connectivity index (χ1v) is 11.4. The van der Waals surface area contributed by atoms with Crippen LogP contribution in [0.25, 0.3) is 22.1 Å². The molecule has 0 fully saturated rings. The molecule has 2 aliphatic rings. The number of aromatic hydroxyl groups is 4. The Kier molecular flexibility index (Phi) is 5.46. The molecule has 6 N–H and O–H groups in total. The number of rotatable bonds is 4. The zero-order valence-corrected chi connectivity index (χ0v) is 20.4. The summed E-state index contributed by atoms with van der Waals surface area (Å²) in [7, 11) is 0. The lowest BCUT2D eigenvalue weighted by Crippen LogP contribution is -2.43. The molecular weight excluding hydrogens is 516 g/mol. The van der Waals surface area contributed by atoms with E-state index >= 15 is 0 Å². The molecule has 0 amide bonds. The zero-order valence-electron chi connectivity index (χ0n) is 20.4. The van der Waals surface area contributed by atoms with E-state index in [9.17, 15) is 49.8 Å². The monoisotopic (exact) mass is 536 g/mol. The van der Waals surface area contributed by atoms with Crippen molar-refractivity contribution in [1.29, 1.82) is 0 Å². The van der Waals surface area contributed by atoms with E-state index in [1.807, 2.05) is 0 Å². The van der Waals surface area contributed by atoms with Gasteiger partial charge >= 0.3 is 5.97 Å². The van der Waals surface area contributed by atoms with Gasteiger partial charge in [-0.1, -0.05) is 0 Å². The van der Waals surface area contributed by atoms with Gasteiger partial charge in [-0.3, -0.25) is 14.4 Å². The highest BCUT2D eigenvalue weighted by atomic mass is 16.5. The van der Waals surface area contributed by atoms with Crippen LogP contribution in [0.15, 0.2) is 39.2 Å². The minimum Gasteiger partial charge on any atom is -0.511 e. The number of carboxylic acids is 1. The molecule has 1 aromatic heterocycles. The van der Waals surface area contributed by atoms with E-state index in [1.54, 1.807) is 0 Å². The maximum Gasteiger partial charge on any atom is 0.340 e. The van der Waals surface area contributed by atoms with E-state index in [2.05, 4.69) is 0 Å². The third-order valence-corrected chi connectivity index (χ3v) is 6.88. The Hall–Kier alpha value is -5.26. The molecule has 1 unspecified atom stereocenters. The molecule has 0 saturated carbocycles. The number of phenolic OH excluding ortho intramolecular Hbond substituents is 3. The first-order valence-electron chi connectivity index (χ1n) is 11.4. The Bertz CT molecular complexity index is 1790. The minimum atomic E-state index is -1.76. The minimum absolute atomic E-state index is 0.0209. The second kappa shape index (κ2) is 8.38. The molecule has 0 spiro atoms. The van der Waals surface area contributed by atoms with Gasteiger partial charge in [0.1, 0.15) is 35.0 Å². The maximum absolute atomic E-state index is 13.8. The summed E-state index contributed by atoms with van der Waals surface area (Å²) in [6.07, 6.45) is 0.427. The van der Waals surface area contributed by atoms with Crippen LogP contribution >= 0.6 is 0 Å². The Morgan fingerprint density at radius 2 is 1.64 bits per heavy atom. The standard InChI is InChI=1S/C27H20O12/c1-9(28)3-18(33)27-7-12-23(34)20-17(6-15(32)24(35)21(20)26(36)37)39-25(12)19(10(2)29)22(27)11-4-13(30)14(31)5-16(11)38-8-27/h3-6,30-33,35H,7-8H2,1-2H3,(H,36,37)/b18-3-. The van der Waals surface area contributed by atoms with Crippen molar-refractivity contribution in [3.8, 4) is 28.7 Å². The molecule has 12 nitrogen and oxygen atoms in total. The van der Waals surface area contributed by atoms with Crippen LogP contribution in [-0.2, 0) is 16.0 Å². The molecule has 39 heavy (non-hydrogen) atoms. The predicted molar refractivity (Wildman–Crippen MR) is 133 cm³/mol. The average molecular weight is 536 g/mol. The van der Waals surface area contributed by atoms with Crippen LogP contribution in [0.3, 0.4) is 0 Å². The van der Waals surface area contributed by atoms with Gasteiger partial charge in [0.25, 0.3) is 0 Å². The summed E-state index contributed by atoms with van der Waals surface area (Å²) in [5, 5.41) is 60.9. The van der Waals surface area contributed by atoms with Gasteiger partial charge in [-0.15, -0.1) is 0 Å². The number of carbonyl (C=O) groups excluding carboxylic acids is 2. The Labute approximate surface area is 217 Å². The van der Waals surface area contributed by atoms with Crippen LogP contribution in [0.5, 0.6) is 28.7 Å². The van der Waals surface area contributed by atoms with E-state index < -0.39 is 86.7 Å². The molecule has 12 heteroatoms. The summed E-state index contributed by atoms with van der Waals surface area (Å²) in [5.41, 5.74) is -4.53. The number of Topliss-reactive ketones (excluding diaryl/α,β-unsaturated/α-hetero) is 1. The van der Waals surface area contributed by atoms with Crippen LogP contribution in [-0.4, -0.2) is 54.8 Å². The number of fused-ring (bicyclic) bond motifs is 5. The van der Waals surface area contributed by atoms with Gasteiger partial charge in [0.15, 0.2) is 40.0 Å². The number of allylic oxidation sites excluding steroid dienone is 2. The molecular formula is C27H20O12. The van der Waals surface area contributed by atoms with E-state index in [0.717, 1.165) is 38.1 Å². The Balaban J connectivity index is 2.01. The largest absolute Gasteiger partial charge is 0.511 e. The summed E-state index contributed by atoms with van der Waals surface area (Å²) in [4.78, 5) is 50.9. The lowest BCUT2D eigenvalue weighted by Gasteiger charge is -2.43. The van der Waals surface area contributed by atoms with Crippen molar-refractivity contribution in [3.05, 3.63) is 62.7 Å². The topological polar surface area (TPSA) is 212 Å². The molecule has 0 saturated heterocycles. The normalized spacial score (nSPS) is 18.2. The first kappa shape index (κ1) is 25.4. The predicted octanol–water partition coefficient (Wildman–Crippen LogP) is 2.78. The van der Waals surface area contributed by atoms with E-state index in [1.165, 1.54) is 0 Å². The van der Waals surface area contributed by atoms with Gasteiger partial charge in [0.05, 0.1) is 16.4 Å². The van der Waals surface area contributed by atoms with Crippen molar-refractivity contribution in [1.82, 2.24) is 0 Å². The lowest BCUT2D eigenvalue weighted by atomic mass is 9.64. The number of aromatic carboxylic acids is 1. The number of phenols is 4. The third-order valence-electron chi connectivity index (χ3n) is 6.88. The molecule has 1 aliphatic carbocycles. The number of aliphatic hydroxyl groups is 1. The second-order valence-corrected chi connectivity index (χ2v) is 9.37. The van der Waals surface area contributed by atoms with Crippen LogP contribution in [0.2, 0.25) is 0 Å². The number of aliphatic hydroxyl groups excluding tert-OH is 1. The van der Waals surface area contributed by atoms with E-state index in [-0.39, 0.29) is 33.8 Å². The fourth-order valence-corrected chi connectivity index (χ4v) is 5.23. The number of carbonyl (C=O) groups is 3. The van der Waals surface area contributed by atoms with Gasteiger partial charge in [-0.05, 0) is 25.5 Å². The fraction of sp³-hybridized carbons (Fsp3) is 0.185. The lowest BCUT2D eigenvalue weighted by molar-refractivity contribution is -0.113. The summed E-state index contributed by atoms with van der Waals surface area (Å²) >= 11 is 0. The molecule has 0 radical (unpaired) electrons. The maximum atomic E-state index is 13.8. The molecule has 2 heterocycles. The SMILES string of the molecule is CC(=O)/C=C(\O)C12COc3cc(O)c(O)cc3C1=C(C(C)=O)c1oc3cc(O)c(O)c(C(=O)O)c3c(=O)c1C2. The van der Waals surface area contributed by atoms with Crippen molar-refractivity contribution in [2.24, 2.45) is 5.41 Å². The van der Waals surface area contributed by atoms with Crippen molar-refractivity contribution in [2.45, 2.75) is 20.3 Å². The smallest absolute Gasteiger partial charge is 0.340 e. The van der Waals surface area contributed by atoms with Crippen molar-refractivity contribution >= 4 is 39.7 Å². The highest BCUT2D eigenvalue weighted by molar-refractivity contribution is 6.28. The number of hydrogen-bond acceptors (Lipinski definition) is 11. The van der Waals surface area contributed by atoms with Crippen molar-refractivity contribution < 1.29 is 54.2 Å². The van der Waals surface area contributed by atoms with E-state index in [0.29, 0.717) is 0 Å². The molecule has 5 rings (SSSR count). The van der Waals surface area contributed by atoms with Gasteiger partial charge < -0.3 is 39.8 Å². The van der Waals surface area contributed by atoms with Crippen molar-refractivity contribution in [2.75, 3.05) is 6.61 Å². The molecule has 200 valence electrons. The van der Waals surface area contributed by atoms with Gasteiger partial charge in [0.2, 0.25) is 0 Å². The van der Waals surface area contributed by atoms with Gasteiger partial charge in [0, 0.05) is 35.8 Å². The zero-order chi connectivity index (χ0) is 28.5. The summed E-state index contributed by atoms with van der Waals surface area (Å²) in [5.74, 6) is -6.92. The fourth-order valence-electron chi connectivity index (χ4n) is 5.23. The second-order valence-electron chi connectivity index (χ2n) is 9.37. The summed E-state index contributed by atoms with van der Waals surface area (Å²) < 4.78 is 11.6. The summed E-state index contributed by atoms with van der Waals surface area (Å²) in [6.45, 7) is 1.87. The van der Waals surface area contributed by atoms with Crippen LogP contribution in [0.4, 0.5) is 0 Å². The molecule has 2 aromatic carbocycles. The van der Waals surface area contributed by atoms with E-state index in [4.69, 9.17) is 9.15 Å². The van der Waals surface area contributed by atoms with Crippen LogP contribution in [0, 0.1) is 5.41 Å². The van der Waals surface area contributed by atoms with Gasteiger partial charge in [-0.25, -0.2) is 4.79 Å². The molecule has 1 atom stereocenters. The first-order chi connectivity index (χ1) is 18.3. The summed E-state index contributed by atoms with van der Waals surface area (Å²) in [6, 6.07) is 3.02. The molecule has 0 bridgehead atoms. The van der Waals surface area contributed by atoms with Crippen LogP contribution < -0.4 is 10.2 Å². The number of benzene rings is 2.